The monoisotopic (exact) mass is 337 g/mol. The molecule has 0 aliphatic carbocycles. The van der Waals surface area contributed by atoms with Crippen LogP contribution in [0.25, 0.3) is 10.8 Å². The van der Waals surface area contributed by atoms with Crippen LogP contribution in [-0.4, -0.2) is 24.1 Å². The van der Waals surface area contributed by atoms with Crippen LogP contribution in [0, 0.1) is 13.8 Å². The van der Waals surface area contributed by atoms with Gasteiger partial charge in [0.1, 0.15) is 0 Å². The summed E-state index contributed by atoms with van der Waals surface area (Å²) in [6, 6.07) is 12.4. The highest BCUT2D eigenvalue weighted by molar-refractivity contribution is 5.96. The number of nitrogens with zero attached hydrogens (tertiary/aromatic N) is 2. The molecule has 0 aliphatic rings. The highest BCUT2D eigenvalue weighted by Gasteiger charge is 2.21. The minimum Gasteiger partial charge on any atom is -0.383 e. The predicted octanol–water partition coefficient (Wildman–Crippen LogP) is 3.64. The summed E-state index contributed by atoms with van der Waals surface area (Å²) >= 11 is 0. The Labute approximate surface area is 148 Å². The quantitative estimate of drug-likeness (QED) is 0.508. The van der Waals surface area contributed by atoms with Crippen LogP contribution in [0.2, 0.25) is 0 Å². The molecule has 0 saturated carbocycles. The molecule has 0 radical (unpaired) electrons. The summed E-state index contributed by atoms with van der Waals surface area (Å²) in [5.74, 6) is 0.129. The highest BCUT2D eigenvalue weighted by Crippen LogP contribution is 2.21. The van der Waals surface area contributed by atoms with Crippen LogP contribution in [0.4, 0.5) is 0 Å². The SMILES string of the molecule is COC[C@H](C)n1c(C)cc(C(=O)C[n+]2ccc3ccccc3c2)c1C. The van der Waals surface area contributed by atoms with Gasteiger partial charge in [0.15, 0.2) is 12.4 Å². The van der Waals surface area contributed by atoms with Crippen LogP contribution in [0.1, 0.15) is 34.7 Å². The van der Waals surface area contributed by atoms with Crippen molar-refractivity contribution in [2.45, 2.75) is 33.4 Å². The summed E-state index contributed by atoms with van der Waals surface area (Å²) in [5, 5.41) is 2.31. The maximum atomic E-state index is 12.9. The number of benzene rings is 1. The fourth-order valence-electron chi connectivity index (χ4n) is 3.58. The van der Waals surface area contributed by atoms with Gasteiger partial charge in [-0.15, -0.1) is 0 Å². The number of rotatable bonds is 6. The van der Waals surface area contributed by atoms with E-state index in [1.54, 1.807) is 7.11 Å². The second kappa shape index (κ2) is 7.19. The average Bonchev–Trinajstić information content (AvgIpc) is 2.89. The van der Waals surface area contributed by atoms with Gasteiger partial charge in [-0.05, 0) is 38.3 Å². The number of hydrogen-bond acceptors (Lipinski definition) is 2. The van der Waals surface area contributed by atoms with Gasteiger partial charge in [-0.25, -0.2) is 0 Å². The van der Waals surface area contributed by atoms with Crippen LogP contribution in [-0.2, 0) is 11.3 Å². The van der Waals surface area contributed by atoms with Crippen LogP contribution in [0.15, 0.2) is 48.8 Å². The number of aromatic nitrogens is 2. The van der Waals surface area contributed by atoms with Gasteiger partial charge in [-0.3, -0.25) is 4.79 Å². The first-order valence-electron chi connectivity index (χ1n) is 8.59. The lowest BCUT2D eigenvalue weighted by molar-refractivity contribution is -0.681. The topological polar surface area (TPSA) is 35.1 Å². The van der Waals surface area contributed by atoms with E-state index in [-0.39, 0.29) is 11.8 Å². The van der Waals surface area contributed by atoms with E-state index in [0.717, 1.165) is 22.3 Å². The Kier molecular flexibility index (Phi) is 5.00. The van der Waals surface area contributed by atoms with Gasteiger partial charge in [0.25, 0.3) is 0 Å². The number of aryl methyl sites for hydroxylation is 1. The minimum absolute atomic E-state index is 0.129. The third-order valence-electron chi connectivity index (χ3n) is 4.71. The molecule has 0 N–H and O–H groups in total. The lowest BCUT2D eigenvalue weighted by atomic mass is 10.1. The largest absolute Gasteiger partial charge is 0.383 e. The summed E-state index contributed by atoms with van der Waals surface area (Å²) in [5.41, 5.74) is 2.89. The molecule has 1 atom stereocenters. The smallest absolute Gasteiger partial charge is 0.229 e. The predicted molar refractivity (Wildman–Crippen MR) is 99.0 cm³/mol. The normalized spacial score (nSPS) is 12.5. The van der Waals surface area contributed by atoms with Gasteiger partial charge in [0.05, 0.1) is 12.6 Å². The first-order valence-corrected chi connectivity index (χ1v) is 8.59. The summed E-state index contributed by atoms with van der Waals surface area (Å²) in [7, 11) is 1.70. The zero-order valence-corrected chi connectivity index (χ0v) is 15.3. The summed E-state index contributed by atoms with van der Waals surface area (Å²) in [4.78, 5) is 12.9. The number of hydrogen-bond donors (Lipinski definition) is 0. The standard InChI is InChI=1S/C21H25N2O2/c1-15-11-20(17(3)23(15)16(2)14-25-4)21(24)13-22-10-9-18-7-5-6-8-19(18)12-22/h5-12,16H,13-14H2,1-4H3/q+1/t16-/m0/s1. The van der Waals surface area contributed by atoms with E-state index < -0.39 is 0 Å². The van der Waals surface area contributed by atoms with Gasteiger partial charge in [0, 0.05) is 35.5 Å². The molecule has 3 aromatic rings. The van der Waals surface area contributed by atoms with E-state index in [1.165, 1.54) is 5.39 Å². The molecular weight excluding hydrogens is 312 g/mol. The number of carbonyl (C=O) groups is 1. The maximum absolute atomic E-state index is 12.9. The molecule has 0 spiro atoms. The van der Waals surface area contributed by atoms with Gasteiger partial charge >= 0.3 is 0 Å². The Bertz CT molecular complexity index is 911. The Morgan fingerprint density at radius 2 is 1.92 bits per heavy atom. The Balaban J connectivity index is 1.86. The fraction of sp³-hybridized carbons (Fsp3) is 0.333. The van der Waals surface area contributed by atoms with Crippen molar-refractivity contribution in [3.05, 3.63) is 65.7 Å². The molecule has 1 aromatic carbocycles. The van der Waals surface area contributed by atoms with Crippen LogP contribution in [0.3, 0.4) is 0 Å². The zero-order chi connectivity index (χ0) is 18.0. The summed E-state index contributed by atoms with van der Waals surface area (Å²) in [6.45, 7) is 7.13. The van der Waals surface area contributed by atoms with Crippen LogP contribution >= 0.6 is 0 Å². The van der Waals surface area contributed by atoms with Crippen LogP contribution in [0.5, 0.6) is 0 Å². The third-order valence-corrected chi connectivity index (χ3v) is 4.71. The van der Waals surface area contributed by atoms with Crippen molar-refractivity contribution >= 4 is 16.6 Å². The first-order chi connectivity index (χ1) is 12.0. The van der Waals surface area contributed by atoms with Gasteiger partial charge in [-0.1, -0.05) is 18.2 Å². The molecule has 0 aliphatic heterocycles. The van der Waals surface area contributed by atoms with E-state index in [0.29, 0.717) is 13.2 Å². The molecule has 0 unspecified atom stereocenters. The minimum atomic E-state index is 0.129. The van der Waals surface area contributed by atoms with Crippen molar-refractivity contribution in [2.24, 2.45) is 0 Å². The van der Waals surface area contributed by atoms with E-state index in [4.69, 9.17) is 4.74 Å². The summed E-state index contributed by atoms with van der Waals surface area (Å²) < 4.78 is 9.40. The van der Waals surface area contributed by atoms with E-state index >= 15 is 0 Å². The zero-order valence-electron chi connectivity index (χ0n) is 15.3. The molecule has 0 saturated heterocycles. The van der Waals surface area contributed by atoms with E-state index in [9.17, 15) is 4.79 Å². The molecule has 0 amide bonds. The van der Waals surface area contributed by atoms with Crippen molar-refractivity contribution in [1.29, 1.82) is 0 Å². The van der Waals surface area contributed by atoms with Crippen molar-refractivity contribution in [3.63, 3.8) is 0 Å². The lowest BCUT2D eigenvalue weighted by Crippen LogP contribution is -2.37. The lowest BCUT2D eigenvalue weighted by Gasteiger charge is -2.17. The van der Waals surface area contributed by atoms with Crippen molar-refractivity contribution in [3.8, 4) is 0 Å². The maximum Gasteiger partial charge on any atom is 0.229 e. The second-order valence-electron chi connectivity index (χ2n) is 6.63. The number of pyridine rings is 1. The number of carbonyl (C=O) groups excluding carboxylic acids is 1. The Morgan fingerprint density at radius 1 is 1.20 bits per heavy atom. The van der Waals surface area contributed by atoms with Gasteiger partial charge in [-0.2, -0.15) is 4.57 Å². The molecule has 3 rings (SSSR count). The van der Waals surface area contributed by atoms with E-state index in [1.807, 2.05) is 55.1 Å². The van der Waals surface area contributed by atoms with Crippen molar-refractivity contribution < 1.29 is 14.1 Å². The molecule has 0 bridgehead atoms. The Hall–Kier alpha value is -2.46. The Morgan fingerprint density at radius 3 is 2.64 bits per heavy atom. The third kappa shape index (κ3) is 3.49. The van der Waals surface area contributed by atoms with Crippen molar-refractivity contribution in [2.75, 3.05) is 13.7 Å². The number of ether oxygens (including phenoxy) is 1. The molecule has 4 nitrogen and oxygen atoms in total. The second-order valence-corrected chi connectivity index (χ2v) is 6.63. The first kappa shape index (κ1) is 17.4. The number of Topliss-reactive ketones (excluding diaryl/α,β-unsaturated/α-hetero) is 1. The van der Waals surface area contributed by atoms with Crippen LogP contribution < -0.4 is 4.57 Å². The van der Waals surface area contributed by atoms with E-state index in [2.05, 4.69) is 23.6 Å². The van der Waals surface area contributed by atoms with Gasteiger partial charge in [0.2, 0.25) is 12.3 Å². The van der Waals surface area contributed by atoms with Crippen molar-refractivity contribution in [1.82, 2.24) is 4.57 Å². The molecule has 25 heavy (non-hydrogen) atoms. The molecule has 4 heteroatoms. The molecule has 0 fully saturated rings. The highest BCUT2D eigenvalue weighted by atomic mass is 16.5. The average molecular weight is 337 g/mol. The number of fused-ring (bicyclic) bond motifs is 1. The molecule has 130 valence electrons. The van der Waals surface area contributed by atoms with Gasteiger partial charge < -0.3 is 9.30 Å². The molecule has 2 heterocycles. The summed E-state index contributed by atoms with van der Waals surface area (Å²) in [6.07, 6.45) is 3.99. The molecule has 2 aromatic heterocycles. The molecular formula is C21H25N2O2+. The number of methoxy groups -OCH3 is 1. The number of ketones is 1. The fourth-order valence-corrected chi connectivity index (χ4v) is 3.58.